The van der Waals surface area contributed by atoms with Crippen LogP contribution in [-0.2, 0) is 12.8 Å². The van der Waals surface area contributed by atoms with Crippen molar-refractivity contribution in [1.29, 1.82) is 0 Å². The number of hydrogen-bond acceptors (Lipinski definition) is 3. The molecular weight excluding hydrogens is 444 g/mol. The first-order valence-electron chi connectivity index (χ1n) is 8.50. The molecule has 1 aromatic heterocycles. The van der Waals surface area contributed by atoms with Crippen molar-refractivity contribution in [1.82, 2.24) is 10.3 Å². The standard InChI is InChI=1S/C19H20Br2N2O.CH4/c20-14-7-13-2-1-12-8-15(24)9-16(21)17(12)18(19(13)23-10-14)11-3-5-22-6-4-11;/h7-11,18,22,24H,1-6H2;1H4. The van der Waals surface area contributed by atoms with Crippen LogP contribution in [-0.4, -0.2) is 23.2 Å². The number of fused-ring (bicyclic) bond motifs is 2. The zero-order valence-electron chi connectivity index (χ0n) is 13.4. The van der Waals surface area contributed by atoms with Crippen molar-refractivity contribution in [2.24, 2.45) is 5.92 Å². The van der Waals surface area contributed by atoms with Crippen LogP contribution in [0.5, 0.6) is 5.75 Å². The van der Waals surface area contributed by atoms with E-state index in [1.807, 2.05) is 18.3 Å². The minimum absolute atomic E-state index is 0. The van der Waals surface area contributed by atoms with Crippen molar-refractivity contribution >= 4 is 31.9 Å². The Balaban J connectivity index is 0.00000182. The van der Waals surface area contributed by atoms with Crippen molar-refractivity contribution in [3.8, 4) is 5.75 Å². The summed E-state index contributed by atoms with van der Waals surface area (Å²) in [4.78, 5) is 4.85. The highest BCUT2D eigenvalue weighted by atomic mass is 79.9. The maximum absolute atomic E-state index is 10.1. The molecule has 0 radical (unpaired) electrons. The van der Waals surface area contributed by atoms with Crippen LogP contribution in [0.3, 0.4) is 0 Å². The van der Waals surface area contributed by atoms with E-state index >= 15 is 0 Å². The molecule has 0 amide bonds. The van der Waals surface area contributed by atoms with Gasteiger partial charge in [0.2, 0.25) is 0 Å². The van der Waals surface area contributed by atoms with Crippen molar-refractivity contribution < 1.29 is 5.11 Å². The smallest absolute Gasteiger partial charge is 0.116 e. The maximum Gasteiger partial charge on any atom is 0.116 e. The number of benzene rings is 1. The number of halogens is 2. The fourth-order valence-electron chi connectivity index (χ4n) is 4.23. The van der Waals surface area contributed by atoms with Gasteiger partial charge in [-0.3, -0.25) is 4.98 Å². The summed E-state index contributed by atoms with van der Waals surface area (Å²) in [5.74, 6) is 1.21. The van der Waals surface area contributed by atoms with Crippen LogP contribution in [0.1, 0.15) is 48.6 Å². The second-order valence-corrected chi connectivity index (χ2v) is 8.53. The molecule has 0 bridgehead atoms. The number of aromatic nitrogens is 1. The van der Waals surface area contributed by atoms with Gasteiger partial charge in [-0.2, -0.15) is 0 Å². The van der Waals surface area contributed by atoms with Crippen LogP contribution < -0.4 is 5.32 Å². The summed E-state index contributed by atoms with van der Waals surface area (Å²) in [7, 11) is 0. The topological polar surface area (TPSA) is 45.2 Å². The molecule has 2 aliphatic rings. The third-order valence-electron chi connectivity index (χ3n) is 5.29. The van der Waals surface area contributed by atoms with Gasteiger partial charge in [-0.25, -0.2) is 0 Å². The molecule has 2 heterocycles. The Hall–Kier alpha value is -0.910. The largest absolute Gasteiger partial charge is 0.508 e. The first kappa shape index (κ1) is 18.9. The lowest BCUT2D eigenvalue weighted by molar-refractivity contribution is 0.337. The number of nitrogens with zero attached hydrogens (tertiary/aromatic N) is 1. The Morgan fingerprint density at radius 1 is 1.04 bits per heavy atom. The highest BCUT2D eigenvalue weighted by Gasteiger charge is 2.34. The third-order valence-corrected chi connectivity index (χ3v) is 6.38. The first-order chi connectivity index (χ1) is 11.6. The molecule has 4 rings (SSSR count). The van der Waals surface area contributed by atoms with Gasteiger partial charge >= 0.3 is 0 Å². The van der Waals surface area contributed by atoms with Gasteiger partial charge in [0, 0.05) is 21.1 Å². The van der Waals surface area contributed by atoms with Crippen molar-refractivity contribution in [3.63, 3.8) is 0 Å². The summed E-state index contributed by atoms with van der Waals surface area (Å²) in [5.41, 5.74) is 5.12. The van der Waals surface area contributed by atoms with Crippen LogP contribution in [0, 0.1) is 5.92 Å². The van der Waals surface area contributed by atoms with E-state index in [0.29, 0.717) is 17.6 Å². The van der Waals surface area contributed by atoms with Crippen LogP contribution >= 0.6 is 31.9 Å². The molecule has 2 aromatic rings. The molecule has 1 saturated heterocycles. The summed E-state index contributed by atoms with van der Waals surface area (Å²) >= 11 is 7.30. The predicted molar refractivity (Wildman–Crippen MR) is 109 cm³/mol. The van der Waals surface area contributed by atoms with Crippen molar-refractivity contribution in [3.05, 3.63) is 55.7 Å². The molecule has 1 fully saturated rings. The lowest BCUT2D eigenvalue weighted by Crippen LogP contribution is -2.32. The molecule has 1 aliphatic carbocycles. The Bertz CT molecular complexity index is 773. The Morgan fingerprint density at radius 2 is 1.76 bits per heavy atom. The molecule has 1 aromatic carbocycles. The molecule has 3 nitrogen and oxygen atoms in total. The molecule has 0 saturated carbocycles. The number of pyridine rings is 1. The summed E-state index contributed by atoms with van der Waals surface area (Å²) in [6, 6.07) is 5.99. The van der Waals surface area contributed by atoms with E-state index < -0.39 is 0 Å². The fourth-order valence-corrected chi connectivity index (χ4v) is 5.34. The SMILES string of the molecule is C.Oc1cc(Br)c2c(c1)CCc1cc(Br)cnc1C2C1CCNCC1. The minimum Gasteiger partial charge on any atom is -0.508 e. The molecule has 0 spiro atoms. The van der Waals surface area contributed by atoms with E-state index in [-0.39, 0.29) is 7.43 Å². The monoisotopic (exact) mass is 466 g/mol. The number of piperidine rings is 1. The summed E-state index contributed by atoms with van der Waals surface area (Å²) in [5, 5.41) is 13.5. The lowest BCUT2D eigenvalue weighted by atomic mass is 9.77. The van der Waals surface area contributed by atoms with Gasteiger partial charge in [0.25, 0.3) is 0 Å². The molecule has 5 heteroatoms. The minimum atomic E-state index is 0. The second-order valence-electron chi connectivity index (χ2n) is 6.76. The average Bonchev–Trinajstić information content (AvgIpc) is 2.72. The summed E-state index contributed by atoms with van der Waals surface area (Å²) < 4.78 is 2.05. The Kier molecular flexibility index (Phi) is 5.86. The molecule has 25 heavy (non-hydrogen) atoms. The van der Waals surface area contributed by atoms with E-state index in [4.69, 9.17) is 4.98 Å². The summed E-state index contributed by atoms with van der Waals surface area (Å²) in [6.45, 7) is 2.14. The molecule has 2 N–H and O–H groups in total. The van der Waals surface area contributed by atoms with Crippen LogP contribution in [0.15, 0.2) is 33.3 Å². The summed E-state index contributed by atoms with van der Waals surface area (Å²) in [6.07, 6.45) is 6.15. The van der Waals surface area contributed by atoms with E-state index in [2.05, 4.69) is 43.2 Å². The first-order valence-corrected chi connectivity index (χ1v) is 10.1. The molecule has 1 unspecified atom stereocenters. The number of rotatable bonds is 1. The molecule has 134 valence electrons. The normalized spacial score (nSPS) is 20.2. The number of nitrogens with one attached hydrogen (secondary N) is 1. The van der Waals surface area contributed by atoms with Gasteiger partial charge in [0.15, 0.2) is 0 Å². The van der Waals surface area contributed by atoms with Crippen molar-refractivity contribution in [2.75, 3.05) is 13.1 Å². The quantitative estimate of drug-likeness (QED) is 0.607. The Labute approximate surface area is 166 Å². The van der Waals surface area contributed by atoms with Gasteiger partial charge in [-0.05, 0) is 95.5 Å². The molecule has 1 aliphatic heterocycles. The fraction of sp³-hybridized carbons (Fsp3) is 0.450. The molecular formula is C20H24Br2N2O. The van der Waals surface area contributed by atoms with E-state index in [1.54, 1.807) is 0 Å². The molecule has 1 atom stereocenters. The van der Waals surface area contributed by atoms with E-state index in [1.165, 1.54) is 22.4 Å². The number of phenols is 1. The van der Waals surface area contributed by atoms with Crippen LogP contribution in [0.2, 0.25) is 0 Å². The van der Waals surface area contributed by atoms with Gasteiger partial charge in [-0.1, -0.05) is 23.4 Å². The van der Waals surface area contributed by atoms with Gasteiger partial charge < -0.3 is 10.4 Å². The van der Waals surface area contributed by atoms with Crippen molar-refractivity contribution in [2.45, 2.75) is 39.0 Å². The third kappa shape index (κ3) is 3.64. The van der Waals surface area contributed by atoms with Gasteiger partial charge in [0.05, 0.1) is 5.69 Å². The number of aromatic hydroxyl groups is 1. The Morgan fingerprint density at radius 3 is 2.52 bits per heavy atom. The highest BCUT2D eigenvalue weighted by Crippen LogP contribution is 2.45. The average molecular weight is 468 g/mol. The second kappa shape index (κ2) is 7.77. The maximum atomic E-state index is 10.1. The number of aryl methyl sites for hydroxylation is 2. The number of phenolic OH excluding ortho intramolecular Hbond substituents is 1. The van der Waals surface area contributed by atoms with Crippen LogP contribution in [0.4, 0.5) is 0 Å². The van der Waals surface area contributed by atoms with Gasteiger partial charge in [0.1, 0.15) is 5.75 Å². The van der Waals surface area contributed by atoms with Crippen LogP contribution in [0.25, 0.3) is 0 Å². The van der Waals surface area contributed by atoms with Gasteiger partial charge in [-0.15, -0.1) is 0 Å². The zero-order chi connectivity index (χ0) is 16.7. The number of hydrogen-bond donors (Lipinski definition) is 2. The predicted octanol–water partition coefficient (Wildman–Crippen LogP) is 5.18. The van der Waals surface area contributed by atoms with E-state index in [9.17, 15) is 5.11 Å². The zero-order valence-corrected chi connectivity index (χ0v) is 16.5. The van der Waals surface area contributed by atoms with E-state index in [0.717, 1.165) is 47.7 Å². The highest BCUT2D eigenvalue weighted by molar-refractivity contribution is 9.10. The lowest BCUT2D eigenvalue weighted by Gasteiger charge is -2.32.